The summed E-state index contributed by atoms with van der Waals surface area (Å²) in [6.45, 7) is 4.06. The van der Waals surface area contributed by atoms with Crippen LogP contribution in [0.2, 0.25) is 0 Å². The molecule has 2 aliphatic carbocycles. The Kier molecular flexibility index (Phi) is 3.87. The highest BCUT2D eigenvalue weighted by Gasteiger charge is 2.59. The molecule has 2 fully saturated rings. The zero-order chi connectivity index (χ0) is 17.8. The van der Waals surface area contributed by atoms with E-state index < -0.39 is 11.4 Å². The van der Waals surface area contributed by atoms with Gasteiger partial charge in [0.25, 0.3) is 0 Å². The van der Waals surface area contributed by atoms with Gasteiger partial charge in [-0.05, 0) is 67.7 Å². The van der Waals surface area contributed by atoms with Crippen LogP contribution in [-0.4, -0.2) is 16.1 Å². The molecule has 0 aliphatic heterocycles. The lowest BCUT2D eigenvalue weighted by Crippen LogP contribution is -2.33. The van der Waals surface area contributed by atoms with Crippen molar-refractivity contribution in [3.63, 3.8) is 0 Å². The Hall–Kier alpha value is -1.88. The van der Waals surface area contributed by atoms with Crippen molar-refractivity contribution in [3.05, 3.63) is 35.0 Å². The number of carboxylic acids is 1. The third kappa shape index (κ3) is 2.74. The highest BCUT2D eigenvalue weighted by molar-refractivity contribution is 7.15. The zero-order valence-corrected chi connectivity index (χ0v) is 15.5. The maximum atomic E-state index is 11.7. The van der Waals surface area contributed by atoms with Crippen molar-refractivity contribution in [2.24, 2.45) is 17.3 Å². The molecule has 5 heteroatoms. The van der Waals surface area contributed by atoms with Crippen LogP contribution in [0.4, 0.5) is 5.69 Å². The molecule has 3 N–H and O–H groups in total. The van der Waals surface area contributed by atoms with Gasteiger partial charge in [-0.1, -0.05) is 13.0 Å². The van der Waals surface area contributed by atoms with Crippen LogP contribution < -0.4 is 5.73 Å². The minimum absolute atomic E-state index is 0.452. The van der Waals surface area contributed by atoms with E-state index in [0.717, 1.165) is 47.4 Å². The fourth-order valence-electron chi connectivity index (χ4n) is 4.68. The van der Waals surface area contributed by atoms with Gasteiger partial charge in [0, 0.05) is 17.8 Å². The fourth-order valence-corrected chi connectivity index (χ4v) is 5.83. The summed E-state index contributed by atoms with van der Waals surface area (Å²) < 4.78 is 0. The number of hydrogen-bond acceptors (Lipinski definition) is 4. The number of thiazole rings is 1. The fraction of sp³-hybridized carbons (Fsp3) is 0.500. The first-order valence-electron chi connectivity index (χ1n) is 9.00. The van der Waals surface area contributed by atoms with Gasteiger partial charge >= 0.3 is 5.97 Å². The van der Waals surface area contributed by atoms with Crippen molar-refractivity contribution in [2.45, 2.75) is 45.4 Å². The monoisotopic (exact) mass is 356 g/mol. The molecular weight excluding hydrogens is 332 g/mol. The van der Waals surface area contributed by atoms with E-state index >= 15 is 0 Å². The summed E-state index contributed by atoms with van der Waals surface area (Å²) in [5.41, 5.74) is 8.51. The van der Waals surface area contributed by atoms with Crippen LogP contribution in [0.1, 0.15) is 49.1 Å². The number of aliphatic carboxylic acids is 1. The average Bonchev–Trinajstić information content (AvgIpc) is 3.06. The van der Waals surface area contributed by atoms with Crippen LogP contribution in [0, 0.1) is 24.2 Å². The van der Waals surface area contributed by atoms with Gasteiger partial charge in [-0.3, -0.25) is 4.79 Å². The molecule has 0 radical (unpaired) electrons. The van der Waals surface area contributed by atoms with Crippen LogP contribution in [0.15, 0.2) is 24.4 Å². The Morgan fingerprint density at radius 1 is 1.40 bits per heavy atom. The number of benzene rings is 1. The molecule has 0 bridgehead atoms. The van der Waals surface area contributed by atoms with Gasteiger partial charge < -0.3 is 10.8 Å². The summed E-state index contributed by atoms with van der Waals surface area (Å²) in [5.74, 6) is 0.954. The summed E-state index contributed by atoms with van der Waals surface area (Å²) in [4.78, 5) is 17.6. The van der Waals surface area contributed by atoms with E-state index in [0.29, 0.717) is 17.8 Å². The Labute approximate surface area is 152 Å². The van der Waals surface area contributed by atoms with E-state index in [9.17, 15) is 9.90 Å². The van der Waals surface area contributed by atoms with Gasteiger partial charge in [-0.25, -0.2) is 4.98 Å². The Bertz CT molecular complexity index is 811. The Balaban J connectivity index is 1.56. The minimum Gasteiger partial charge on any atom is -0.481 e. The average molecular weight is 356 g/mol. The van der Waals surface area contributed by atoms with Crippen molar-refractivity contribution >= 4 is 23.0 Å². The van der Waals surface area contributed by atoms with E-state index in [1.54, 1.807) is 11.3 Å². The number of hydrogen-bond donors (Lipinski definition) is 2. The highest BCUT2D eigenvalue weighted by Crippen LogP contribution is 2.66. The first-order valence-corrected chi connectivity index (χ1v) is 9.82. The number of carbonyl (C=O) groups is 1. The van der Waals surface area contributed by atoms with Crippen LogP contribution in [-0.2, 0) is 4.79 Å². The summed E-state index contributed by atoms with van der Waals surface area (Å²) in [6.07, 6.45) is 5.30. The van der Waals surface area contributed by atoms with Crippen molar-refractivity contribution in [1.82, 2.24) is 4.98 Å². The smallest absolute Gasteiger partial charge is 0.309 e. The van der Waals surface area contributed by atoms with Gasteiger partial charge in [0.1, 0.15) is 0 Å². The second-order valence-electron chi connectivity index (χ2n) is 7.73. The van der Waals surface area contributed by atoms with Crippen molar-refractivity contribution in [1.29, 1.82) is 0 Å². The maximum absolute atomic E-state index is 11.7. The molecule has 2 saturated carbocycles. The highest BCUT2D eigenvalue weighted by atomic mass is 32.1. The second kappa shape index (κ2) is 5.84. The predicted molar refractivity (Wildman–Crippen MR) is 101 cm³/mol. The molecule has 1 heterocycles. The Morgan fingerprint density at radius 2 is 2.20 bits per heavy atom. The number of nitrogens with zero attached hydrogens (tertiary/aromatic N) is 1. The quantitative estimate of drug-likeness (QED) is 0.779. The van der Waals surface area contributed by atoms with Gasteiger partial charge in [0.05, 0.1) is 15.3 Å². The standard InChI is InChI=1S/C20H24N2O2S/c1-3-20(19(23)24)5-4-14-15(9-20)17(14)18-22-10-16(25-18)12-6-11(2)7-13(21)8-12/h6-8,10,14-15,17H,3-5,9,21H2,1-2H3,(H,23,24). The lowest BCUT2D eigenvalue weighted by atomic mass is 9.72. The van der Waals surface area contributed by atoms with Gasteiger partial charge in [0.15, 0.2) is 0 Å². The topological polar surface area (TPSA) is 76.2 Å². The molecule has 1 aromatic carbocycles. The normalized spacial score (nSPS) is 30.7. The molecule has 0 amide bonds. The largest absolute Gasteiger partial charge is 0.481 e. The van der Waals surface area contributed by atoms with Crippen molar-refractivity contribution in [3.8, 4) is 10.4 Å². The van der Waals surface area contributed by atoms with Crippen molar-refractivity contribution in [2.75, 3.05) is 5.73 Å². The SMILES string of the molecule is CCC1(C(=O)O)CCC2C(C1)C2c1ncc(-c2cc(C)cc(N)c2)s1. The molecule has 4 rings (SSSR count). The Morgan fingerprint density at radius 3 is 2.88 bits per heavy atom. The van der Waals surface area contributed by atoms with E-state index in [4.69, 9.17) is 5.73 Å². The third-order valence-corrected chi connectivity index (χ3v) is 7.39. The summed E-state index contributed by atoms with van der Waals surface area (Å²) in [6, 6.07) is 6.11. The van der Waals surface area contributed by atoms with E-state index in [-0.39, 0.29) is 0 Å². The van der Waals surface area contributed by atoms with E-state index in [2.05, 4.69) is 11.1 Å². The number of rotatable bonds is 4. The minimum atomic E-state index is -0.617. The summed E-state index contributed by atoms with van der Waals surface area (Å²) in [5, 5.41) is 10.8. The van der Waals surface area contributed by atoms with Crippen LogP contribution in [0.25, 0.3) is 10.4 Å². The lowest BCUT2D eigenvalue weighted by molar-refractivity contribution is -0.151. The molecule has 1 aromatic heterocycles. The number of carboxylic acid groups (broad SMARTS) is 1. The maximum Gasteiger partial charge on any atom is 0.309 e. The molecular formula is C20H24N2O2S. The molecule has 0 saturated heterocycles. The van der Waals surface area contributed by atoms with Crippen LogP contribution in [0.3, 0.4) is 0 Å². The van der Waals surface area contributed by atoms with E-state index in [1.165, 1.54) is 5.01 Å². The van der Waals surface area contributed by atoms with Crippen molar-refractivity contribution < 1.29 is 9.90 Å². The number of aromatic nitrogens is 1. The molecule has 132 valence electrons. The summed E-state index contributed by atoms with van der Waals surface area (Å²) >= 11 is 1.74. The van der Waals surface area contributed by atoms with Gasteiger partial charge in [-0.2, -0.15) is 0 Å². The lowest BCUT2D eigenvalue weighted by Gasteiger charge is -2.31. The van der Waals surface area contributed by atoms with E-state index in [1.807, 2.05) is 32.2 Å². The first-order chi connectivity index (χ1) is 11.9. The molecule has 4 atom stereocenters. The second-order valence-corrected chi connectivity index (χ2v) is 8.79. The summed E-state index contributed by atoms with van der Waals surface area (Å²) in [7, 11) is 0. The molecule has 4 unspecified atom stereocenters. The predicted octanol–water partition coefficient (Wildman–Crippen LogP) is 4.70. The number of nitrogen functional groups attached to an aromatic ring is 1. The number of anilines is 1. The van der Waals surface area contributed by atoms with Crippen LogP contribution >= 0.6 is 11.3 Å². The molecule has 0 spiro atoms. The van der Waals surface area contributed by atoms with Crippen LogP contribution in [0.5, 0.6) is 0 Å². The molecule has 4 nitrogen and oxygen atoms in total. The number of nitrogens with two attached hydrogens (primary N) is 1. The van der Waals surface area contributed by atoms with Gasteiger partial charge in [0.2, 0.25) is 0 Å². The molecule has 2 aromatic rings. The molecule has 2 aliphatic rings. The number of fused-ring (bicyclic) bond motifs is 1. The first kappa shape index (κ1) is 16.6. The van der Waals surface area contributed by atoms with Gasteiger partial charge in [-0.15, -0.1) is 11.3 Å². The zero-order valence-electron chi connectivity index (χ0n) is 14.7. The number of aryl methyl sites for hydroxylation is 1. The third-order valence-electron chi connectivity index (χ3n) is 6.24. The molecule has 25 heavy (non-hydrogen) atoms.